The van der Waals surface area contributed by atoms with E-state index in [1.807, 2.05) is 13.8 Å². The molecule has 1 unspecified atom stereocenters. The van der Waals surface area contributed by atoms with Crippen molar-refractivity contribution in [2.45, 2.75) is 25.1 Å². The average Bonchev–Trinajstić information content (AvgIpc) is 2.75. The fraction of sp³-hybridized carbons (Fsp3) is 0.333. The summed E-state index contributed by atoms with van der Waals surface area (Å²) in [6.45, 7) is 4.01. The van der Waals surface area contributed by atoms with Crippen molar-refractivity contribution in [3.05, 3.63) is 45.5 Å². The van der Waals surface area contributed by atoms with Crippen molar-refractivity contribution < 1.29 is 4.42 Å². The summed E-state index contributed by atoms with van der Waals surface area (Å²) in [6.07, 6.45) is 1.03. The first kappa shape index (κ1) is 11.0. The van der Waals surface area contributed by atoms with Crippen molar-refractivity contribution in [3.63, 3.8) is 0 Å². The lowest BCUT2D eigenvalue weighted by atomic mass is 10.1. The second kappa shape index (κ2) is 4.54. The SMILES string of the molecule is Cc1cc(C(Br)Cc2cccs2)c(C)o1. The summed E-state index contributed by atoms with van der Waals surface area (Å²) in [7, 11) is 0. The zero-order valence-electron chi connectivity index (χ0n) is 8.79. The Labute approximate surface area is 102 Å². The lowest BCUT2D eigenvalue weighted by Crippen LogP contribution is -1.93. The van der Waals surface area contributed by atoms with E-state index in [9.17, 15) is 0 Å². The summed E-state index contributed by atoms with van der Waals surface area (Å²) in [5, 5.41) is 2.11. The zero-order valence-corrected chi connectivity index (χ0v) is 11.2. The number of hydrogen-bond acceptors (Lipinski definition) is 2. The second-order valence-corrected chi connectivity index (χ2v) is 5.76. The lowest BCUT2D eigenvalue weighted by Gasteiger charge is -2.06. The molecule has 0 bridgehead atoms. The molecule has 0 fully saturated rings. The minimum atomic E-state index is 0.355. The molecule has 80 valence electrons. The van der Waals surface area contributed by atoms with E-state index in [4.69, 9.17) is 4.42 Å². The standard InChI is InChI=1S/C12H13BrOS/c1-8-6-11(9(2)14-8)12(13)7-10-4-3-5-15-10/h3-6,12H,7H2,1-2H3. The summed E-state index contributed by atoms with van der Waals surface area (Å²) in [6, 6.07) is 6.37. The van der Waals surface area contributed by atoms with Crippen LogP contribution in [0.4, 0.5) is 0 Å². The molecule has 0 aliphatic rings. The van der Waals surface area contributed by atoms with E-state index < -0.39 is 0 Å². The molecule has 3 heteroatoms. The molecule has 2 rings (SSSR count). The minimum absolute atomic E-state index is 0.355. The predicted molar refractivity (Wildman–Crippen MR) is 67.9 cm³/mol. The number of alkyl halides is 1. The van der Waals surface area contributed by atoms with Crippen LogP contribution in [0.2, 0.25) is 0 Å². The van der Waals surface area contributed by atoms with Gasteiger partial charge < -0.3 is 4.42 Å². The lowest BCUT2D eigenvalue weighted by molar-refractivity contribution is 0.501. The molecule has 2 aromatic rings. The van der Waals surface area contributed by atoms with Gasteiger partial charge in [0.25, 0.3) is 0 Å². The summed E-state index contributed by atoms with van der Waals surface area (Å²) >= 11 is 5.52. The Bertz CT molecular complexity index is 430. The Morgan fingerprint density at radius 1 is 1.47 bits per heavy atom. The zero-order chi connectivity index (χ0) is 10.8. The third-order valence-corrected chi connectivity index (χ3v) is 4.09. The largest absolute Gasteiger partial charge is 0.466 e. The number of furan rings is 1. The van der Waals surface area contributed by atoms with Crippen LogP contribution in [0.25, 0.3) is 0 Å². The fourth-order valence-electron chi connectivity index (χ4n) is 1.68. The Morgan fingerprint density at radius 3 is 2.80 bits per heavy atom. The van der Waals surface area contributed by atoms with Gasteiger partial charge in [-0.15, -0.1) is 11.3 Å². The molecule has 0 amide bonds. The summed E-state index contributed by atoms with van der Waals surface area (Å²) in [5.41, 5.74) is 1.26. The maximum atomic E-state index is 5.53. The highest BCUT2D eigenvalue weighted by atomic mass is 79.9. The number of hydrogen-bond donors (Lipinski definition) is 0. The Balaban J connectivity index is 2.14. The van der Waals surface area contributed by atoms with Crippen molar-refractivity contribution >= 4 is 27.3 Å². The van der Waals surface area contributed by atoms with Crippen molar-refractivity contribution in [1.82, 2.24) is 0 Å². The second-order valence-electron chi connectivity index (χ2n) is 3.62. The summed E-state index contributed by atoms with van der Waals surface area (Å²) in [5.74, 6) is 2.00. The van der Waals surface area contributed by atoms with Gasteiger partial charge in [0, 0.05) is 15.3 Å². The number of thiophene rings is 1. The first-order valence-corrected chi connectivity index (χ1v) is 6.69. The molecule has 0 aliphatic heterocycles. The van der Waals surface area contributed by atoms with Gasteiger partial charge >= 0.3 is 0 Å². The van der Waals surface area contributed by atoms with E-state index in [-0.39, 0.29) is 0 Å². The van der Waals surface area contributed by atoms with Crippen LogP contribution in [0.5, 0.6) is 0 Å². The Hall–Kier alpha value is -0.540. The van der Waals surface area contributed by atoms with Gasteiger partial charge in [-0.3, -0.25) is 0 Å². The maximum Gasteiger partial charge on any atom is 0.105 e. The molecule has 0 N–H and O–H groups in total. The van der Waals surface area contributed by atoms with E-state index in [0.717, 1.165) is 17.9 Å². The van der Waals surface area contributed by atoms with Gasteiger partial charge in [-0.25, -0.2) is 0 Å². The van der Waals surface area contributed by atoms with Crippen LogP contribution in [0.1, 0.15) is 26.8 Å². The first-order chi connectivity index (χ1) is 7.16. The highest BCUT2D eigenvalue weighted by Gasteiger charge is 2.14. The van der Waals surface area contributed by atoms with Crippen LogP contribution in [0.15, 0.2) is 28.0 Å². The fourth-order valence-corrected chi connectivity index (χ4v) is 3.45. The van der Waals surface area contributed by atoms with Crippen LogP contribution in [-0.4, -0.2) is 0 Å². The molecule has 2 aromatic heterocycles. The first-order valence-electron chi connectivity index (χ1n) is 4.90. The minimum Gasteiger partial charge on any atom is -0.466 e. The molecule has 2 heterocycles. The molecular weight excluding hydrogens is 272 g/mol. The third-order valence-electron chi connectivity index (χ3n) is 2.38. The molecule has 0 saturated heterocycles. The van der Waals surface area contributed by atoms with E-state index in [0.29, 0.717) is 4.83 Å². The molecule has 0 aliphatic carbocycles. The van der Waals surface area contributed by atoms with Crippen LogP contribution in [0.3, 0.4) is 0 Å². The third kappa shape index (κ3) is 2.52. The predicted octanol–water partition coefficient (Wildman–Crippen LogP) is 4.64. The molecule has 15 heavy (non-hydrogen) atoms. The smallest absolute Gasteiger partial charge is 0.105 e. The average molecular weight is 285 g/mol. The highest BCUT2D eigenvalue weighted by Crippen LogP contribution is 2.32. The summed E-state index contributed by atoms with van der Waals surface area (Å²) in [4.78, 5) is 1.75. The molecule has 0 spiro atoms. The van der Waals surface area contributed by atoms with Crippen molar-refractivity contribution in [3.8, 4) is 0 Å². The number of aryl methyl sites for hydroxylation is 2. The van der Waals surface area contributed by atoms with Gasteiger partial charge in [-0.2, -0.15) is 0 Å². The van der Waals surface area contributed by atoms with Gasteiger partial charge in [-0.05, 0) is 37.8 Å². The highest BCUT2D eigenvalue weighted by molar-refractivity contribution is 9.09. The van der Waals surface area contributed by atoms with Crippen LogP contribution < -0.4 is 0 Å². The van der Waals surface area contributed by atoms with Crippen molar-refractivity contribution in [1.29, 1.82) is 0 Å². The van der Waals surface area contributed by atoms with Crippen LogP contribution in [-0.2, 0) is 6.42 Å². The Morgan fingerprint density at radius 2 is 2.27 bits per heavy atom. The normalized spacial score (nSPS) is 13.0. The van der Waals surface area contributed by atoms with Gasteiger partial charge in [0.05, 0.1) is 0 Å². The molecule has 1 nitrogen and oxygen atoms in total. The van der Waals surface area contributed by atoms with Gasteiger partial charge in [0.1, 0.15) is 11.5 Å². The van der Waals surface area contributed by atoms with Crippen LogP contribution in [0, 0.1) is 13.8 Å². The molecule has 0 saturated carbocycles. The topological polar surface area (TPSA) is 13.1 Å². The number of halogens is 1. The van der Waals surface area contributed by atoms with E-state index in [1.54, 1.807) is 11.3 Å². The van der Waals surface area contributed by atoms with E-state index >= 15 is 0 Å². The molecular formula is C12H13BrOS. The monoisotopic (exact) mass is 284 g/mol. The number of rotatable bonds is 3. The maximum absolute atomic E-state index is 5.53. The van der Waals surface area contributed by atoms with E-state index in [2.05, 4.69) is 39.5 Å². The van der Waals surface area contributed by atoms with Gasteiger partial charge in [0.2, 0.25) is 0 Å². The molecule has 0 aromatic carbocycles. The van der Waals surface area contributed by atoms with Crippen molar-refractivity contribution in [2.75, 3.05) is 0 Å². The quantitative estimate of drug-likeness (QED) is 0.749. The van der Waals surface area contributed by atoms with Crippen molar-refractivity contribution in [2.24, 2.45) is 0 Å². The molecule has 0 radical (unpaired) electrons. The van der Waals surface area contributed by atoms with Gasteiger partial charge in [0.15, 0.2) is 0 Å². The van der Waals surface area contributed by atoms with E-state index in [1.165, 1.54) is 10.4 Å². The Kier molecular flexibility index (Phi) is 3.32. The summed E-state index contributed by atoms with van der Waals surface area (Å²) < 4.78 is 5.53. The molecule has 1 atom stereocenters. The van der Waals surface area contributed by atoms with Crippen LogP contribution >= 0.6 is 27.3 Å². The van der Waals surface area contributed by atoms with Gasteiger partial charge in [-0.1, -0.05) is 22.0 Å².